The Morgan fingerprint density at radius 1 is 1.01 bits per heavy atom. The number of alkyl halides is 3. The van der Waals surface area contributed by atoms with Gasteiger partial charge < -0.3 is 69.4 Å². The van der Waals surface area contributed by atoms with Crippen LogP contribution < -0.4 is 5.32 Å². The Hall–Kier alpha value is -2.38. The number of methoxy groups -OCH3 is 1. The second kappa shape index (κ2) is 25.4. The summed E-state index contributed by atoms with van der Waals surface area (Å²) in [5.41, 5.74) is -4.57. The van der Waals surface area contributed by atoms with Crippen LogP contribution in [0.15, 0.2) is 29.2 Å². The molecular weight excluding hydrogens is 956 g/mol. The first kappa shape index (κ1) is 61.2. The molecule has 0 saturated carbocycles. The van der Waals surface area contributed by atoms with Gasteiger partial charge in [0, 0.05) is 55.9 Å². The molecule has 17 nitrogen and oxygen atoms in total. The zero-order valence-electron chi connectivity index (χ0n) is 43.7. The molecular formula is C50H84F3N3O14S. The van der Waals surface area contributed by atoms with E-state index in [1.807, 2.05) is 18.7 Å². The van der Waals surface area contributed by atoms with E-state index >= 15 is 0 Å². The number of cyclic esters (lactones) is 1. The van der Waals surface area contributed by atoms with E-state index in [4.69, 9.17) is 23.7 Å². The van der Waals surface area contributed by atoms with Crippen LogP contribution in [-0.4, -0.2) is 193 Å². The van der Waals surface area contributed by atoms with Crippen LogP contribution in [0.1, 0.15) is 113 Å². The van der Waals surface area contributed by atoms with Gasteiger partial charge in [0.05, 0.1) is 47.6 Å². The Balaban J connectivity index is 1.66. The Kier molecular flexibility index (Phi) is 21.9. The highest BCUT2D eigenvalue weighted by molar-refractivity contribution is 7.85. The number of likely N-dealkylation sites (N-methyl/N-ethyl adjacent to an activating group) is 2. The highest BCUT2D eigenvalue weighted by atomic mass is 32.2. The van der Waals surface area contributed by atoms with Gasteiger partial charge in [0.1, 0.15) is 53.6 Å². The van der Waals surface area contributed by atoms with Gasteiger partial charge in [-0.3, -0.25) is 9.59 Å². The summed E-state index contributed by atoms with van der Waals surface area (Å²) in [5.74, 6) is -7.30. The predicted octanol–water partition coefficient (Wildman–Crippen LogP) is 3.45. The van der Waals surface area contributed by atoms with Gasteiger partial charge in [0.15, 0.2) is 6.29 Å². The quantitative estimate of drug-likeness (QED) is 0.125. The molecule has 3 aliphatic heterocycles. The second-order valence-corrected chi connectivity index (χ2v) is 22.8. The third-order valence-corrected chi connectivity index (χ3v) is 16.7. The minimum atomic E-state index is -3.11. The number of carbonyl (C=O) groups excluding carboxylic acids is 2. The monoisotopic (exact) mass is 1040 g/mol. The van der Waals surface area contributed by atoms with Crippen molar-refractivity contribution in [3.8, 4) is 0 Å². The third-order valence-electron chi connectivity index (χ3n) is 15.7. The number of esters is 1. The SMILES string of the molecule is CC[C@H]1OC(=O)[C@H](C)C([C@H]2C[C@@](C)(OC)[C@@H](O)[C@H](C)O2)[C@H](C)[C@@H](O[C@@H]2O[C@H](C)C[C@H](N(C)CCC(=O)N[C@H](CF)[C@H](O)c3ccc(S(=O)C(F)F)cc3)[C@H]2O)[C@](C)(O)C[C@@H](C)CN(C)[C@H](C)[C@@H](O)[C@]1(C)O. The normalized spacial score (nSPS) is 40.8. The summed E-state index contributed by atoms with van der Waals surface area (Å²) in [5, 5.41) is 73.1. The number of hydrogen-bond donors (Lipinski definition) is 7. The number of amides is 1. The van der Waals surface area contributed by atoms with Crippen LogP contribution in [0.4, 0.5) is 13.2 Å². The molecule has 0 aromatic heterocycles. The lowest BCUT2D eigenvalue weighted by molar-refractivity contribution is -0.302. The third kappa shape index (κ3) is 14.5. The van der Waals surface area contributed by atoms with E-state index in [1.165, 1.54) is 26.2 Å². The van der Waals surface area contributed by atoms with Gasteiger partial charge in [-0.05, 0) is 104 Å². The molecule has 1 aromatic rings. The molecule has 7 N–H and O–H groups in total. The summed E-state index contributed by atoms with van der Waals surface area (Å²) in [6.07, 6.45) is -10.5. The van der Waals surface area contributed by atoms with E-state index in [0.29, 0.717) is 13.0 Å². The van der Waals surface area contributed by atoms with E-state index in [1.54, 1.807) is 67.5 Å². The molecule has 21 atom stereocenters. The molecule has 0 aliphatic carbocycles. The topological polar surface area (TPSA) is 237 Å². The zero-order valence-corrected chi connectivity index (χ0v) is 44.6. The lowest BCUT2D eigenvalue weighted by atomic mass is 9.68. The van der Waals surface area contributed by atoms with E-state index in [0.717, 1.165) is 12.1 Å². The van der Waals surface area contributed by atoms with E-state index in [-0.39, 0.29) is 48.6 Å². The lowest BCUT2D eigenvalue weighted by Crippen LogP contribution is -2.62. The number of halogens is 3. The number of rotatable bonds is 15. The van der Waals surface area contributed by atoms with Gasteiger partial charge in [-0.2, -0.15) is 8.78 Å². The van der Waals surface area contributed by atoms with Crippen LogP contribution in [0.5, 0.6) is 0 Å². The fourth-order valence-corrected chi connectivity index (χ4v) is 11.9. The number of aliphatic hydroxyl groups excluding tert-OH is 4. The number of hydrogen-bond acceptors (Lipinski definition) is 16. The van der Waals surface area contributed by atoms with Crippen molar-refractivity contribution < 1.29 is 81.3 Å². The second-order valence-electron chi connectivity index (χ2n) is 21.4. The maximum Gasteiger partial charge on any atom is 0.316 e. The molecule has 3 saturated heterocycles. The molecule has 3 fully saturated rings. The van der Waals surface area contributed by atoms with Crippen molar-refractivity contribution in [2.45, 2.75) is 208 Å². The number of nitrogens with zero attached hydrogens (tertiary/aromatic N) is 2. The van der Waals surface area contributed by atoms with Crippen molar-refractivity contribution >= 4 is 22.7 Å². The Morgan fingerprint density at radius 2 is 1.63 bits per heavy atom. The largest absolute Gasteiger partial charge is 0.459 e. The van der Waals surface area contributed by atoms with Crippen LogP contribution in [0, 0.1) is 23.7 Å². The van der Waals surface area contributed by atoms with E-state index < -0.39 is 149 Å². The fourth-order valence-electron chi connectivity index (χ4n) is 11.3. The Labute approximate surface area is 420 Å². The van der Waals surface area contributed by atoms with Crippen molar-refractivity contribution in [2.75, 3.05) is 41.0 Å². The summed E-state index contributed by atoms with van der Waals surface area (Å²) in [7, 11) is 2.39. The first-order chi connectivity index (χ1) is 32.9. The first-order valence-electron chi connectivity index (χ1n) is 24.9. The highest BCUT2D eigenvalue weighted by Gasteiger charge is 2.55. The van der Waals surface area contributed by atoms with Crippen molar-refractivity contribution in [3.05, 3.63) is 29.8 Å². The number of ether oxygens (including phenoxy) is 5. The van der Waals surface area contributed by atoms with Crippen molar-refractivity contribution in [3.63, 3.8) is 0 Å². The highest BCUT2D eigenvalue weighted by Crippen LogP contribution is 2.45. The van der Waals surface area contributed by atoms with E-state index in [2.05, 4.69) is 5.32 Å². The molecule has 3 heterocycles. The maximum atomic E-state index is 14.6. The van der Waals surface area contributed by atoms with E-state index in [9.17, 15) is 57.6 Å². The van der Waals surface area contributed by atoms with Gasteiger partial charge in [-0.1, -0.05) is 39.8 Å². The number of benzene rings is 1. The number of nitrogens with one attached hydrogen (secondary N) is 1. The molecule has 0 spiro atoms. The molecule has 21 heteroatoms. The van der Waals surface area contributed by atoms with Gasteiger partial charge in [-0.15, -0.1) is 0 Å². The lowest BCUT2D eigenvalue weighted by Gasteiger charge is -2.51. The maximum absolute atomic E-state index is 14.6. The predicted molar refractivity (Wildman–Crippen MR) is 258 cm³/mol. The molecule has 1 aromatic carbocycles. The van der Waals surface area contributed by atoms with Crippen LogP contribution in [-0.2, 0) is 44.1 Å². The van der Waals surface area contributed by atoms with Crippen molar-refractivity contribution in [2.24, 2.45) is 23.7 Å². The molecule has 410 valence electrons. The first-order valence-corrected chi connectivity index (χ1v) is 26.1. The van der Waals surface area contributed by atoms with Crippen LogP contribution >= 0.6 is 0 Å². The molecule has 0 bridgehead atoms. The minimum absolute atomic E-state index is 0.0562. The summed E-state index contributed by atoms with van der Waals surface area (Å²) < 4.78 is 83.7. The molecule has 1 amide bonds. The van der Waals surface area contributed by atoms with Crippen LogP contribution in [0.3, 0.4) is 0 Å². The zero-order chi connectivity index (χ0) is 53.7. The summed E-state index contributed by atoms with van der Waals surface area (Å²) in [4.78, 5) is 31.2. The van der Waals surface area contributed by atoms with Gasteiger partial charge in [-0.25, -0.2) is 8.60 Å². The van der Waals surface area contributed by atoms with Crippen LogP contribution in [0.2, 0.25) is 0 Å². The molecule has 0 radical (unpaired) electrons. The Bertz CT molecular complexity index is 1890. The average Bonchev–Trinajstić information content (AvgIpc) is 3.31. The minimum Gasteiger partial charge on any atom is -0.459 e. The molecule has 4 rings (SSSR count). The van der Waals surface area contributed by atoms with Gasteiger partial charge in [0.25, 0.3) is 0 Å². The smallest absolute Gasteiger partial charge is 0.316 e. The van der Waals surface area contributed by atoms with Gasteiger partial charge in [0.2, 0.25) is 5.91 Å². The molecule has 3 aliphatic rings. The fraction of sp³-hybridized carbons (Fsp3) is 0.840. The van der Waals surface area contributed by atoms with Gasteiger partial charge >= 0.3 is 11.7 Å². The number of carbonyl (C=O) groups is 2. The summed E-state index contributed by atoms with van der Waals surface area (Å²) >= 11 is 0. The number of aliphatic hydroxyl groups is 6. The average molecular weight is 1040 g/mol. The summed E-state index contributed by atoms with van der Waals surface area (Å²) in [6.45, 7) is 16.5. The standard InChI is InChI=1S/C50H84F3N3O14S/c1-14-37-50(10,64)42(60)30(6)56(12)25-26(2)22-48(8,63)44(28(4)39(29(5)45(62)69-37)36-23-49(9,66-13)43(61)31(7)68-36)70-46-41(59)35(21-27(3)67-46)55(11)20-19-38(57)54-34(24-51)40(58)32-15-17-33(18-16-32)71(65)47(52)53/h15-18,26-31,34-37,39-44,46-47,58-61,63-64H,14,19-25H2,1-13H3,(H,54,57)/t26-,27-,28+,29-,30-,31+,34-,35+,36-,37-,39?,40-,41-,42-,43+,44-,46+,48-,49-,50-,71?/m1/s1. The molecule has 71 heavy (non-hydrogen) atoms. The van der Waals surface area contributed by atoms with Crippen molar-refractivity contribution in [1.82, 2.24) is 15.1 Å². The van der Waals surface area contributed by atoms with Crippen molar-refractivity contribution in [1.29, 1.82) is 0 Å². The Morgan fingerprint density at radius 3 is 2.20 bits per heavy atom. The van der Waals surface area contributed by atoms with Crippen LogP contribution in [0.25, 0.3) is 0 Å². The molecule has 2 unspecified atom stereocenters. The summed E-state index contributed by atoms with van der Waals surface area (Å²) in [6, 6.07) is 2.07.